The van der Waals surface area contributed by atoms with Crippen molar-refractivity contribution in [3.63, 3.8) is 0 Å². The molecule has 7 heteroatoms. The summed E-state index contributed by atoms with van der Waals surface area (Å²) in [5.74, 6) is 0. The average Bonchev–Trinajstić information content (AvgIpc) is 2.13. The summed E-state index contributed by atoms with van der Waals surface area (Å²) in [6.07, 6.45) is -5.61. The molecule has 90 valence electrons. The third-order valence-electron chi connectivity index (χ3n) is 2.24. The van der Waals surface area contributed by atoms with Crippen LogP contribution in [0.5, 0.6) is 0 Å². The van der Waals surface area contributed by atoms with E-state index in [4.69, 9.17) is 0 Å². The van der Waals surface area contributed by atoms with Crippen LogP contribution in [0.3, 0.4) is 0 Å². The molecule has 0 radical (unpaired) electrons. The molecule has 1 heterocycles. The molecule has 0 atom stereocenters. The van der Waals surface area contributed by atoms with Crippen LogP contribution in [0.1, 0.15) is 5.56 Å². The number of H-pyrrole nitrogens is 2. The molecular formula is C10H7F3N2O2. The van der Waals surface area contributed by atoms with Crippen LogP contribution in [-0.4, -0.2) is 16.1 Å². The van der Waals surface area contributed by atoms with E-state index in [0.717, 1.165) is 0 Å². The number of halogens is 3. The molecule has 0 unspecified atom stereocenters. The van der Waals surface area contributed by atoms with Crippen molar-refractivity contribution in [2.45, 2.75) is 12.6 Å². The first-order valence-electron chi connectivity index (χ1n) is 4.68. The second-order valence-corrected chi connectivity index (χ2v) is 3.54. The monoisotopic (exact) mass is 244 g/mol. The number of alkyl halides is 3. The highest BCUT2D eigenvalue weighted by atomic mass is 19.4. The number of aromatic nitrogens is 2. The Labute approximate surface area is 92.1 Å². The van der Waals surface area contributed by atoms with Crippen molar-refractivity contribution in [3.8, 4) is 0 Å². The van der Waals surface area contributed by atoms with Gasteiger partial charge in [-0.3, -0.25) is 9.78 Å². The second kappa shape index (κ2) is 3.76. The van der Waals surface area contributed by atoms with E-state index in [9.17, 15) is 22.8 Å². The number of fused-ring (bicyclic) bond motifs is 1. The molecule has 0 saturated carbocycles. The van der Waals surface area contributed by atoms with E-state index in [1.807, 2.05) is 4.98 Å². The summed E-state index contributed by atoms with van der Waals surface area (Å²) in [6.45, 7) is 0. The minimum atomic E-state index is -4.41. The molecule has 0 amide bonds. The number of hydrogen-bond donors (Lipinski definition) is 2. The van der Waals surface area contributed by atoms with Crippen molar-refractivity contribution in [1.82, 2.24) is 9.97 Å². The van der Waals surface area contributed by atoms with Gasteiger partial charge in [0, 0.05) is 0 Å². The van der Waals surface area contributed by atoms with Crippen LogP contribution in [0.4, 0.5) is 13.2 Å². The Morgan fingerprint density at radius 3 is 2.47 bits per heavy atom. The predicted molar refractivity (Wildman–Crippen MR) is 54.9 cm³/mol. The van der Waals surface area contributed by atoms with Gasteiger partial charge in [-0.25, -0.2) is 4.79 Å². The Morgan fingerprint density at radius 2 is 1.82 bits per heavy atom. The van der Waals surface area contributed by atoms with E-state index < -0.39 is 23.8 Å². The van der Waals surface area contributed by atoms with Crippen molar-refractivity contribution in [2.24, 2.45) is 0 Å². The van der Waals surface area contributed by atoms with Crippen molar-refractivity contribution in [3.05, 3.63) is 44.6 Å². The van der Waals surface area contributed by atoms with E-state index in [2.05, 4.69) is 4.98 Å². The van der Waals surface area contributed by atoms with Crippen molar-refractivity contribution in [1.29, 1.82) is 0 Å². The molecule has 0 fully saturated rings. The van der Waals surface area contributed by atoms with Gasteiger partial charge in [-0.2, -0.15) is 13.2 Å². The van der Waals surface area contributed by atoms with Crippen LogP contribution >= 0.6 is 0 Å². The SMILES string of the molecule is O=c1[nH]c(=O)c2c(CC(F)(F)F)cccc2[nH]1. The molecule has 2 aromatic rings. The molecule has 2 rings (SSSR count). The zero-order chi connectivity index (χ0) is 12.6. The molecule has 0 saturated heterocycles. The van der Waals surface area contributed by atoms with E-state index in [-0.39, 0.29) is 16.5 Å². The van der Waals surface area contributed by atoms with Crippen molar-refractivity contribution >= 4 is 10.9 Å². The molecular weight excluding hydrogens is 237 g/mol. The van der Waals surface area contributed by atoms with Gasteiger partial charge < -0.3 is 4.98 Å². The lowest BCUT2D eigenvalue weighted by atomic mass is 10.1. The maximum atomic E-state index is 12.3. The number of nitrogens with one attached hydrogen (secondary N) is 2. The van der Waals surface area contributed by atoms with Gasteiger partial charge in [0.2, 0.25) is 0 Å². The molecule has 17 heavy (non-hydrogen) atoms. The van der Waals surface area contributed by atoms with Gasteiger partial charge in [0.05, 0.1) is 17.3 Å². The zero-order valence-electron chi connectivity index (χ0n) is 8.39. The molecule has 2 N–H and O–H groups in total. The van der Waals surface area contributed by atoms with E-state index in [1.54, 1.807) is 0 Å². The number of rotatable bonds is 1. The molecule has 0 bridgehead atoms. The molecule has 1 aromatic heterocycles. The molecule has 0 aliphatic heterocycles. The molecule has 4 nitrogen and oxygen atoms in total. The van der Waals surface area contributed by atoms with Crippen LogP contribution in [0.2, 0.25) is 0 Å². The third kappa shape index (κ3) is 2.38. The van der Waals surface area contributed by atoms with Crippen LogP contribution in [0, 0.1) is 0 Å². The van der Waals surface area contributed by atoms with E-state index in [1.165, 1.54) is 18.2 Å². The lowest BCUT2D eigenvalue weighted by Crippen LogP contribution is -2.23. The Hall–Kier alpha value is -2.05. The van der Waals surface area contributed by atoms with Gasteiger partial charge in [-0.05, 0) is 11.6 Å². The topological polar surface area (TPSA) is 65.7 Å². The molecule has 1 aromatic carbocycles. The molecule has 0 aliphatic rings. The Bertz CT molecular complexity index is 670. The summed E-state index contributed by atoms with van der Waals surface area (Å²) < 4.78 is 36.9. The minimum absolute atomic E-state index is 0.0977. The minimum Gasteiger partial charge on any atom is -0.307 e. The maximum absolute atomic E-state index is 12.3. The fraction of sp³-hybridized carbons (Fsp3) is 0.200. The van der Waals surface area contributed by atoms with E-state index >= 15 is 0 Å². The fourth-order valence-electron chi connectivity index (χ4n) is 1.65. The largest absolute Gasteiger partial charge is 0.393 e. The highest BCUT2D eigenvalue weighted by Crippen LogP contribution is 2.23. The van der Waals surface area contributed by atoms with Crippen molar-refractivity contribution in [2.75, 3.05) is 0 Å². The molecule has 0 aliphatic carbocycles. The first-order valence-corrected chi connectivity index (χ1v) is 4.68. The maximum Gasteiger partial charge on any atom is 0.393 e. The van der Waals surface area contributed by atoms with Crippen LogP contribution in [0.25, 0.3) is 10.9 Å². The van der Waals surface area contributed by atoms with Gasteiger partial charge >= 0.3 is 11.9 Å². The summed E-state index contributed by atoms with van der Waals surface area (Å²) in [5.41, 5.74) is -1.62. The number of aromatic amines is 2. The average molecular weight is 244 g/mol. The van der Waals surface area contributed by atoms with Crippen LogP contribution in [-0.2, 0) is 6.42 Å². The Morgan fingerprint density at radius 1 is 1.12 bits per heavy atom. The molecule has 0 spiro atoms. The summed E-state index contributed by atoms with van der Waals surface area (Å²) >= 11 is 0. The smallest absolute Gasteiger partial charge is 0.307 e. The Balaban J connectivity index is 2.74. The predicted octanol–water partition coefficient (Wildman–Crippen LogP) is 1.32. The lowest BCUT2D eigenvalue weighted by molar-refractivity contribution is -0.127. The van der Waals surface area contributed by atoms with Gasteiger partial charge in [-0.15, -0.1) is 0 Å². The van der Waals surface area contributed by atoms with Gasteiger partial charge in [0.1, 0.15) is 0 Å². The number of hydrogen-bond acceptors (Lipinski definition) is 2. The lowest BCUT2D eigenvalue weighted by Gasteiger charge is -2.08. The van der Waals surface area contributed by atoms with Gasteiger partial charge in [-0.1, -0.05) is 12.1 Å². The van der Waals surface area contributed by atoms with Gasteiger partial charge in [0.25, 0.3) is 5.56 Å². The third-order valence-corrected chi connectivity index (χ3v) is 2.24. The summed E-state index contributed by atoms with van der Waals surface area (Å²) in [7, 11) is 0. The van der Waals surface area contributed by atoms with Gasteiger partial charge in [0.15, 0.2) is 0 Å². The summed E-state index contributed by atoms with van der Waals surface area (Å²) in [5, 5.41) is -0.135. The van der Waals surface area contributed by atoms with Crippen LogP contribution in [0.15, 0.2) is 27.8 Å². The second-order valence-electron chi connectivity index (χ2n) is 3.54. The summed E-state index contributed by atoms with van der Waals surface area (Å²) in [4.78, 5) is 26.6. The zero-order valence-corrected chi connectivity index (χ0v) is 8.39. The normalized spacial score (nSPS) is 11.9. The fourth-order valence-corrected chi connectivity index (χ4v) is 1.65. The first kappa shape index (κ1) is 11.4. The summed E-state index contributed by atoms with van der Waals surface area (Å²) in [6, 6.07) is 3.95. The van der Waals surface area contributed by atoms with Crippen LogP contribution < -0.4 is 11.2 Å². The standard InChI is InChI=1S/C10H7F3N2O2/c11-10(12,13)4-5-2-1-3-6-7(5)8(16)15-9(17)14-6/h1-3H,4H2,(H2,14,15,16,17). The van der Waals surface area contributed by atoms with Crippen molar-refractivity contribution < 1.29 is 13.2 Å². The first-order chi connectivity index (χ1) is 7.87. The number of benzene rings is 1. The van der Waals surface area contributed by atoms with E-state index in [0.29, 0.717) is 0 Å². The quantitative estimate of drug-likeness (QED) is 0.794. The highest BCUT2D eigenvalue weighted by Gasteiger charge is 2.29. The Kier molecular flexibility index (Phi) is 2.53. The highest BCUT2D eigenvalue weighted by molar-refractivity contribution is 5.80.